The molecule has 1 aliphatic rings. The third-order valence-electron chi connectivity index (χ3n) is 3.46. The number of hydrogen-bond acceptors (Lipinski definition) is 2. The second kappa shape index (κ2) is 4.24. The number of hydrogen-bond donors (Lipinski definition) is 1. The zero-order valence-corrected chi connectivity index (χ0v) is 8.18. The molecule has 2 nitrogen and oxygen atoms in total. The Morgan fingerprint density at radius 1 is 1.42 bits per heavy atom. The zero-order chi connectivity index (χ0) is 9.03. The van der Waals surface area contributed by atoms with E-state index in [1.165, 1.54) is 0 Å². The summed E-state index contributed by atoms with van der Waals surface area (Å²) in [5.74, 6) is 0.617. The van der Waals surface area contributed by atoms with Gasteiger partial charge in [0.25, 0.3) is 0 Å². The topological polar surface area (TPSA) is 29.5 Å². The molecule has 1 saturated heterocycles. The number of rotatable bonds is 3. The van der Waals surface area contributed by atoms with Gasteiger partial charge in [-0.25, -0.2) is 0 Å². The highest BCUT2D eigenvalue weighted by atomic mass is 16.5. The Bertz CT molecular complexity index is 128. The van der Waals surface area contributed by atoms with Crippen molar-refractivity contribution in [1.29, 1.82) is 0 Å². The molecule has 0 aromatic rings. The Morgan fingerprint density at radius 3 is 2.42 bits per heavy atom. The quantitative estimate of drug-likeness (QED) is 0.703. The van der Waals surface area contributed by atoms with Gasteiger partial charge in [-0.15, -0.1) is 0 Å². The van der Waals surface area contributed by atoms with E-state index in [1.54, 1.807) is 0 Å². The Kier molecular flexibility index (Phi) is 3.53. The van der Waals surface area contributed by atoms with Gasteiger partial charge in [0.15, 0.2) is 0 Å². The molecule has 12 heavy (non-hydrogen) atoms. The lowest BCUT2D eigenvalue weighted by molar-refractivity contribution is -0.0469. The molecule has 0 radical (unpaired) electrons. The van der Waals surface area contributed by atoms with Gasteiger partial charge in [-0.2, -0.15) is 0 Å². The van der Waals surface area contributed by atoms with E-state index >= 15 is 0 Å². The number of aliphatic hydroxyl groups is 1. The smallest absolute Gasteiger partial charge is 0.0491 e. The predicted octanol–water partition coefficient (Wildman–Crippen LogP) is 1.82. The Morgan fingerprint density at radius 2 is 2.00 bits per heavy atom. The molecule has 1 unspecified atom stereocenters. The normalized spacial score (nSPS) is 25.2. The second-order valence-electron chi connectivity index (χ2n) is 3.94. The molecule has 0 saturated carbocycles. The minimum absolute atomic E-state index is 0.160. The molecule has 1 aliphatic heterocycles. The highest BCUT2D eigenvalue weighted by Gasteiger charge is 2.36. The fraction of sp³-hybridized carbons (Fsp3) is 1.00. The fourth-order valence-corrected chi connectivity index (χ4v) is 2.02. The Labute approximate surface area is 74.9 Å². The SMILES string of the molecule is CCC(C)C1(CO)CCOCC1. The van der Waals surface area contributed by atoms with Crippen LogP contribution in [0.15, 0.2) is 0 Å². The molecule has 0 bridgehead atoms. The first-order valence-electron chi connectivity index (χ1n) is 4.94. The van der Waals surface area contributed by atoms with Crippen molar-refractivity contribution >= 4 is 0 Å². The van der Waals surface area contributed by atoms with E-state index < -0.39 is 0 Å². The summed E-state index contributed by atoms with van der Waals surface area (Å²) >= 11 is 0. The maximum atomic E-state index is 9.39. The number of aliphatic hydroxyl groups excluding tert-OH is 1. The first kappa shape index (κ1) is 10.0. The van der Waals surface area contributed by atoms with Crippen LogP contribution in [0.4, 0.5) is 0 Å². The summed E-state index contributed by atoms with van der Waals surface area (Å²) in [6, 6.07) is 0. The minimum Gasteiger partial charge on any atom is -0.396 e. The molecule has 2 heteroatoms. The Balaban J connectivity index is 2.59. The maximum Gasteiger partial charge on any atom is 0.0491 e. The lowest BCUT2D eigenvalue weighted by atomic mass is 9.70. The first-order chi connectivity index (χ1) is 5.75. The molecule has 1 fully saturated rings. The van der Waals surface area contributed by atoms with Crippen molar-refractivity contribution in [2.75, 3.05) is 19.8 Å². The molecule has 0 aromatic carbocycles. The highest BCUT2D eigenvalue weighted by molar-refractivity contribution is 4.85. The molecular formula is C10H20O2. The molecule has 0 spiro atoms. The molecule has 0 aromatic heterocycles. The zero-order valence-electron chi connectivity index (χ0n) is 8.18. The third-order valence-corrected chi connectivity index (χ3v) is 3.46. The lowest BCUT2D eigenvalue weighted by Crippen LogP contribution is -2.38. The Hall–Kier alpha value is -0.0800. The summed E-state index contributed by atoms with van der Waals surface area (Å²) in [6.45, 7) is 6.40. The third kappa shape index (κ3) is 1.80. The van der Waals surface area contributed by atoms with E-state index in [-0.39, 0.29) is 5.41 Å². The van der Waals surface area contributed by atoms with Crippen molar-refractivity contribution in [2.45, 2.75) is 33.1 Å². The molecule has 0 amide bonds. The van der Waals surface area contributed by atoms with Crippen LogP contribution in [0.1, 0.15) is 33.1 Å². The van der Waals surface area contributed by atoms with Crippen molar-refractivity contribution in [3.63, 3.8) is 0 Å². The van der Waals surface area contributed by atoms with Gasteiger partial charge in [-0.3, -0.25) is 0 Å². The van der Waals surface area contributed by atoms with Crippen LogP contribution >= 0.6 is 0 Å². The van der Waals surface area contributed by atoms with Crippen molar-refractivity contribution in [2.24, 2.45) is 11.3 Å². The van der Waals surface area contributed by atoms with Gasteiger partial charge < -0.3 is 9.84 Å². The standard InChI is InChI=1S/C10H20O2/c1-3-9(2)10(8-11)4-6-12-7-5-10/h9,11H,3-8H2,1-2H3. The average molecular weight is 172 g/mol. The van der Waals surface area contributed by atoms with Crippen molar-refractivity contribution in [1.82, 2.24) is 0 Å². The first-order valence-corrected chi connectivity index (χ1v) is 4.94. The van der Waals surface area contributed by atoms with Crippen molar-refractivity contribution < 1.29 is 9.84 Å². The molecule has 1 heterocycles. The summed E-state index contributed by atoms with van der Waals surface area (Å²) in [5.41, 5.74) is 0.160. The lowest BCUT2D eigenvalue weighted by Gasteiger charge is -2.40. The van der Waals surface area contributed by atoms with Crippen LogP contribution < -0.4 is 0 Å². The van der Waals surface area contributed by atoms with Crippen LogP contribution in [0.3, 0.4) is 0 Å². The van der Waals surface area contributed by atoms with Gasteiger partial charge in [0, 0.05) is 25.2 Å². The monoisotopic (exact) mass is 172 g/mol. The van der Waals surface area contributed by atoms with Gasteiger partial charge >= 0.3 is 0 Å². The second-order valence-corrected chi connectivity index (χ2v) is 3.94. The minimum atomic E-state index is 0.160. The molecule has 0 aliphatic carbocycles. The van der Waals surface area contributed by atoms with Gasteiger partial charge in [0.2, 0.25) is 0 Å². The summed E-state index contributed by atoms with van der Waals surface area (Å²) in [7, 11) is 0. The van der Waals surface area contributed by atoms with E-state index in [0.29, 0.717) is 12.5 Å². The molecular weight excluding hydrogens is 152 g/mol. The van der Waals surface area contributed by atoms with E-state index in [1.807, 2.05) is 0 Å². The maximum absolute atomic E-state index is 9.39. The van der Waals surface area contributed by atoms with Crippen LogP contribution in [0.5, 0.6) is 0 Å². The van der Waals surface area contributed by atoms with Crippen LogP contribution in [-0.4, -0.2) is 24.9 Å². The fourth-order valence-electron chi connectivity index (χ4n) is 2.02. The number of ether oxygens (including phenoxy) is 1. The van der Waals surface area contributed by atoms with Crippen LogP contribution in [0.2, 0.25) is 0 Å². The van der Waals surface area contributed by atoms with E-state index in [2.05, 4.69) is 13.8 Å². The van der Waals surface area contributed by atoms with Crippen molar-refractivity contribution in [3.05, 3.63) is 0 Å². The van der Waals surface area contributed by atoms with Crippen LogP contribution in [0.25, 0.3) is 0 Å². The summed E-state index contributed by atoms with van der Waals surface area (Å²) < 4.78 is 5.31. The van der Waals surface area contributed by atoms with E-state index in [9.17, 15) is 5.11 Å². The highest BCUT2D eigenvalue weighted by Crippen LogP contribution is 2.39. The summed E-state index contributed by atoms with van der Waals surface area (Å²) in [4.78, 5) is 0. The van der Waals surface area contributed by atoms with Gasteiger partial charge in [0.1, 0.15) is 0 Å². The molecule has 1 rings (SSSR count). The van der Waals surface area contributed by atoms with Crippen LogP contribution in [0, 0.1) is 11.3 Å². The van der Waals surface area contributed by atoms with Crippen LogP contribution in [-0.2, 0) is 4.74 Å². The molecule has 1 atom stereocenters. The van der Waals surface area contributed by atoms with Crippen molar-refractivity contribution in [3.8, 4) is 0 Å². The van der Waals surface area contributed by atoms with E-state index in [0.717, 1.165) is 32.5 Å². The van der Waals surface area contributed by atoms with E-state index in [4.69, 9.17) is 4.74 Å². The molecule has 1 N–H and O–H groups in total. The van der Waals surface area contributed by atoms with Gasteiger partial charge in [0.05, 0.1) is 0 Å². The van der Waals surface area contributed by atoms with Gasteiger partial charge in [-0.05, 0) is 18.8 Å². The summed E-state index contributed by atoms with van der Waals surface area (Å²) in [6.07, 6.45) is 3.21. The average Bonchev–Trinajstić information content (AvgIpc) is 2.17. The largest absolute Gasteiger partial charge is 0.396 e. The summed E-state index contributed by atoms with van der Waals surface area (Å²) in [5, 5.41) is 9.39. The predicted molar refractivity (Wildman–Crippen MR) is 49.0 cm³/mol. The molecule has 72 valence electrons. The van der Waals surface area contributed by atoms with Gasteiger partial charge in [-0.1, -0.05) is 20.3 Å².